The number of benzene rings is 2. The molecular formula is C19H19ClN4O5S2. The summed E-state index contributed by atoms with van der Waals surface area (Å²) in [5.41, 5.74) is 0. The van der Waals surface area contributed by atoms with E-state index in [4.69, 9.17) is 21.1 Å². The van der Waals surface area contributed by atoms with E-state index in [1.807, 2.05) is 0 Å². The highest BCUT2D eigenvalue weighted by molar-refractivity contribution is 7.89. The first-order valence-electron chi connectivity index (χ1n) is 9.00. The Morgan fingerprint density at radius 1 is 1.06 bits per heavy atom. The Labute approximate surface area is 188 Å². The molecule has 1 amide bonds. The Bertz CT molecular complexity index is 1120. The van der Waals surface area contributed by atoms with Gasteiger partial charge in [-0.1, -0.05) is 22.9 Å². The lowest BCUT2D eigenvalue weighted by atomic mass is 10.3. The van der Waals surface area contributed by atoms with E-state index in [2.05, 4.69) is 20.2 Å². The van der Waals surface area contributed by atoms with E-state index in [0.29, 0.717) is 26.7 Å². The number of methoxy groups -OCH3 is 1. The molecule has 1 heterocycles. The summed E-state index contributed by atoms with van der Waals surface area (Å²) in [4.78, 5) is 12.2. The van der Waals surface area contributed by atoms with Gasteiger partial charge in [-0.25, -0.2) is 13.1 Å². The van der Waals surface area contributed by atoms with Crippen LogP contribution in [0.2, 0.25) is 5.02 Å². The molecule has 31 heavy (non-hydrogen) atoms. The number of nitrogens with one attached hydrogen (secondary N) is 2. The van der Waals surface area contributed by atoms with E-state index < -0.39 is 15.9 Å². The number of rotatable bonds is 10. The van der Waals surface area contributed by atoms with Crippen LogP contribution in [0.15, 0.2) is 53.4 Å². The van der Waals surface area contributed by atoms with Gasteiger partial charge in [-0.3, -0.25) is 4.79 Å². The highest BCUT2D eigenvalue weighted by atomic mass is 35.5. The van der Waals surface area contributed by atoms with Crippen LogP contribution in [0.25, 0.3) is 0 Å². The van der Waals surface area contributed by atoms with Gasteiger partial charge in [0.2, 0.25) is 21.1 Å². The lowest BCUT2D eigenvalue weighted by Gasteiger charge is -2.07. The zero-order valence-corrected chi connectivity index (χ0v) is 18.8. The Hall–Kier alpha value is -2.73. The standard InChI is InChI=1S/C19H19ClN4O5S2/c1-28-14-6-8-16(9-7-14)31(26,27)21-11-10-17(25)22-19-24-23-18(30-19)12-29-15-4-2-13(20)3-5-15/h2-9,21H,10-12H2,1H3,(H,22,24,25). The molecule has 0 aliphatic rings. The molecule has 0 aliphatic carbocycles. The minimum atomic E-state index is -3.72. The van der Waals surface area contributed by atoms with Crippen molar-refractivity contribution in [2.45, 2.75) is 17.9 Å². The Morgan fingerprint density at radius 2 is 1.74 bits per heavy atom. The summed E-state index contributed by atoms with van der Waals surface area (Å²) >= 11 is 6.99. The average Bonchev–Trinajstić information content (AvgIpc) is 3.20. The highest BCUT2D eigenvalue weighted by Gasteiger charge is 2.15. The number of amides is 1. The van der Waals surface area contributed by atoms with Gasteiger partial charge in [-0.2, -0.15) is 0 Å². The maximum atomic E-state index is 12.3. The molecule has 0 radical (unpaired) electrons. The van der Waals surface area contributed by atoms with Gasteiger partial charge < -0.3 is 14.8 Å². The predicted molar refractivity (Wildman–Crippen MR) is 117 cm³/mol. The van der Waals surface area contributed by atoms with Crippen molar-refractivity contribution in [3.63, 3.8) is 0 Å². The van der Waals surface area contributed by atoms with Gasteiger partial charge in [-0.05, 0) is 48.5 Å². The summed E-state index contributed by atoms with van der Waals surface area (Å²) in [5.74, 6) is 0.793. The molecule has 0 spiro atoms. The van der Waals surface area contributed by atoms with Crippen molar-refractivity contribution in [2.75, 3.05) is 19.0 Å². The molecular weight excluding hydrogens is 464 g/mol. The third kappa shape index (κ3) is 6.89. The molecule has 0 saturated carbocycles. The van der Waals surface area contributed by atoms with Crippen molar-refractivity contribution in [1.29, 1.82) is 0 Å². The number of hydrogen-bond donors (Lipinski definition) is 2. The summed E-state index contributed by atoms with van der Waals surface area (Å²) in [7, 11) is -2.23. The smallest absolute Gasteiger partial charge is 0.240 e. The largest absolute Gasteiger partial charge is 0.497 e. The molecule has 0 bridgehead atoms. The van der Waals surface area contributed by atoms with Crippen LogP contribution in [0.3, 0.4) is 0 Å². The molecule has 0 aliphatic heterocycles. The minimum absolute atomic E-state index is 0.0639. The molecule has 0 fully saturated rings. The number of aromatic nitrogens is 2. The third-order valence-electron chi connectivity index (χ3n) is 3.90. The van der Waals surface area contributed by atoms with Crippen LogP contribution in [0.5, 0.6) is 11.5 Å². The van der Waals surface area contributed by atoms with Crippen molar-refractivity contribution in [3.05, 3.63) is 58.6 Å². The monoisotopic (exact) mass is 482 g/mol. The van der Waals surface area contributed by atoms with Gasteiger partial charge in [0.25, 0.3) is 0 Å². The summed E-state index contributed by atoms with van der Waals surface area (Å²) in [6, 6.07) is 12.8. The number of anilines is 1. The fraction of sp³-hybridized carbons (Fsp3) is 0.211. The van der Waals surface area contributed by atoms with Crippen LogP contribution >= 0.6 is 22.9 Å². The van der Waals surface area contributed by atoms with Crippen LogP contribution in [-0.2, 0) is 21.4 Å². The number of nitrogens with zero attached hydrogens (tertiary/aromatic N) is 2. The first-order valence-corrected chi connectivity index (χ1v) is 11.7. The SMILES string of the molecule is COc1ccc(S(=O)(=O)NCCC(=O)Nc2nnc(COc3ccc(Cl)cc3)s2)cc1. The lowest BCUT2D eigenvalue weighted by molar-refractivity contribution is -0.116. The van der Waals surface area contributed by atoms with Crippen molar-refractivity contribution < 1.29 is 22.7 Å². The first kappa shape index (κ1) is 22.9. The summed E-state index contributed by atoms with van der Waals surface area (Å²) in [5, 5.41) is 11.9. The van der Waals surface area contributed by atoms with E-state index in [1.165, 1.54) is 30.6 Å². The van der Waals surface area contributed by atoms with Crippen molar-refractivity contribution in [3.8, 4) is 11.5 Å². The molecule has 0 unspecified atom stereocenters. The Kier molecular flexibility index (Phi) is 7.80. The maximum absolute atomic E-state index is 12.3. The van der Waals surface area contributed by atoms with E-state index in [1.54, 1.807) is 36.4 Å². The van der Waals surface area contributed by atoms with Gasteiger partial charge in [0.05, 0.1) is 12.0 Å². The fourth-order valence-electron chi connectivity index (χ4n) is 2.36. The molecule has 2 N–H and O–H groups in total. The van der Waals surface area contributed by atoms with Crippen LogP contribution in [0.4, 0.5) is 5.13 Å². The number of hydrogen-bond acceptors (Lipinski definition) is 8. The van der Waals surface area contributed by atoms with Crippen LogP contribution in [0, 0.1) is 0 Å². The van der Waals surface area contributed by atoms with Gasteiger partial charge in [0.15, 0.2) is 5.01 Å². The highest BCUT2D eigenvalue weighted by Crippen LogP contribution is 2.20. The number of ether oxygens (including phenoxy) is 2. The quantitative estimate of drug-likeness (QED) is 0.455. The number of sulfonamides is 1. The molecule has 2 aromatic carbocycles. The number of carbonyl (C=O) groups is 1. The zero-order chi connectivity index (χ0) is 22.3. The topological polar surface area (TPSA) is 120 Å². The average molecular weight is 483 g/mol. The normalized spacial score (nSPS) is 11.2. The molecule has 9 nitrogen and oxygen atoms in total. The third-order valence-corrected chi connectivity index (χ3v) is 6.44. The molecule has 164 valence electrons. The van der Waals surface area contributed by atoms with Crippen LogP contribution in [0.1, 0.15) is 11.4 Å². The minimum Gasteiger partial charge on any atom is -0.497 e. The predicted octanol–water partition coefficient (Wildman–Crippen LogP) is 3.09. The molecule has 3 rings (SSSR count). The molecule has 0 atom stereocenters. The van der Waals surface area contributed by atoms with E-state index in [0.717, 1.165) is 0 Å². The molecule has 0 saturated heterocycles. The number of halogens is 1. The number of carbonyl (C=O) groups excluding carboxylic acids is 1. The zero-order valence-electron chi connectivity index (χ0n) is 16.4. The van der Waals surface area contributed by atoms with Crippen molar-refractivity contribution in [2.24, 2.45) is 0 Å². The van der Waals surface area contributed by atoms with E-state index in [-0.39, 0.29) is 24.5 Å². The van der Waals surface area contributed by atoms with Gasteiger partial charge >= 0.3 is 0 Å². The summed E-state index contributed by atoms with van der Waals surface area (Å²) in [6.07, 6.45) is -0.0639. The summed E-state index contributed by atoms with van der Waals surface area (Å²) in [6.45, 7) is 0.127. The maximum Gasteiger partial charge on any atom is 0.240 e. The molecule has 1 aromatic heterocycles. The second-order valence-corrected chi connectivity index (χ2v) is 9.38. The van der Waals surface area contributed by atoms with Gasteiger partial charge in [-0.15, -0.1) is 10.2 Å². The van der Waals surface area contributed by atoms with E-state index >= 15 is 0 Å². The van der Waals surface area contributed by atoms with Gasteiger partial charge in [0, 0.05) is 18.0 Å². The van der Waals surface area contributed by atoms with Crippen LogP contribution in [-0.4, -0.2) is 38.2 Å². The fourth-order valence-corrected chi connectivity index (χ4v) is 4.18. The molecule has 12 heteroatoms. The first-order chi connectivity index (χ1) is 14.9. The lowest BCUT2D eigenvalue weighted by Crippen LogP contribution is -2.27. The Balaban J connectivity index is 1.43. The Morgan fingerprint density at radius 3 is 2.42 bits per heavy atom. The molecule has 3 aromatic rings. The summed E-state index contributed by atoms with van der Waals surface area (Å²) < 4.78 is 37.5. The van der Waals surface area contributed by atoms with Crippen molar-refractivity contribution >= 4 is 44.0 Å². The van der Waals surface area contributed by atoms with E-state index in [9.17, 15) is 13.2 Å². The van der Waals surface area contributed by atoms with Gasteiger partial charge in [0.1, 0.15) is 18.1 Å². The second kappa shape index (κ2) is 10.5. The van der Waals surface area contributed by atoms with Crippen LogP contribution < -0.4 is 19.5 Å². The van der Waals surface area contributed by atoms with Crippen molar-refractivity contribution in [1.82, 2.24) is 14.9 Å². The second-order valence-electron chi connectivity index (χ2n) is 6.12.